The maximum Gasteiger partial charge on any atom is 0.231 e. The first-order valence-corrected chi connectivity index (χ1v) is 10.4. The van der Waals surface area contributed by atoms with Crippen molar-refractivity contribution < 1.29 is 23.5 Å². The molecule has 29 heavy (non-hydrogen) atoms. The third-order valence-electron chi connectivity index (χ3n) is 4.87. The molecule has 0 saturated carbocycles. The highest BCUT2D eigenvalue weighted by atomic mass is 32.2. The fourth-order valence-corrected chi connectivity index (χ4v) is 4.19. The second-order valence-electron chi connectivity index (χ2n) is 6.89. The van der Waals surface area contributed by atoms with Crippen LogP contribution < -0.4 is 19.7 Å². The fourth-order valence-electron chi connectivity index (χ4n) is 3.33. The third kappa shape index (κ3) is 4.64. The largest absolute Gasteiger partial charge is 0.454 e. The van der Waals surface area contributed by atoms with Crippen LogP contribution in [-0.2, 0) is 9.59 Å². The molecule has 2 amide bonds. The van der Waals surface area contributed by atoms with Crippen LogP contribution in [-0.4, -0.2) is 37.4 Å². The number of carbonyl (C=O) groups is 2. The van der Waals surface area contributed by atoms with E-state index in [1.165, 1.54) is 12.1 Å². The zero-order chi connectivity index (χ0) is 20.2. The van der Waals surface area contributed by atoms with Gasteiger partial charge in [0.1, 0.15) is 5.82 Å². The summed E-state index contributed by atoms with van der Waals surface area (Å²) in [6.45, 7) is 1.08. The summed E-state index contributed by atoms with van der Waals surface area (Å²) in [6, 6.07) is 11.7. The average Bonchev–Trinajstić information content (AvgIpc) is 3.34. The molecule has 4 rings (SSSR count). The Balaban J connectivity index is 1.22. The SMILES string of the molecule is O=C(NCCCSc1ccc(F)cc1)C1CC(=O)N(c2ccc3c(c2)OCO3)C1. The maximum atomic E-state index is 12.9. The van der Waals surface area contributed by atoms with Crippen LogP contribution in [0.5, 0.6) is 11.5 Å². The highest BCUT2D eigenvalue weighted by Crippen LogP contribution is 2.37. The molecule has 2 aromatic rings. The van der Waals surface area contributed by atoms with Crippen LogP contribution in [0.3, 0.4) is 0 Å². The molecule has 0 radical (unpaired) electrons. The molecule has 1 N–H and O–H groups in total. The Kier molecular flexibility index (Phi) is 5.89. The van der Waals surface area contributed by atoms with Gasteiger partial charge in [0, 0.05) is 36.2 Å². The van der Waals surface area contributed by atoms with Crippen molar-refractivity contribution in [1.29, 1.82) is 0 Å². The highest BCUT2D eigenvalue weighted by molar-refractivity contribution is 7.99. The lowest BCUT2D eigenvalue weighted by Gasteiger charge is -2.17. The minimum Gasteiger partial charge on any atom is -0.454 e. The molecule has 2 aliphatic heterocycles. The van der Waals surface area contributed by atoms with Gasteiger partial charge in [-0.15, -0.1) is 11.8 Å². The van der Waals surface area contributed by atoms with Crippen molar-refractivity contribution in [3.05, 3.63) is 48.3 Å². The van der Waals surface area contributed by atoms with E-state index in [-0.39, 0.29) is 36.8 Å². The number of amides is 2. The van der Waals surface area contributed by atoms with Crippen molar-refractivity contribution in [2.75, 3.05) is 30.5 Å². The van der Waals surface area contributed by atoms with Crippen LogP contribution in [0.2, 0.25) is 0 Å². The first-order chi connectivity index (χ1) is 14.1. The van der Waals surface area contributed by atoms with Gasteiger partial charge in [0.2, 0.25) is 18.6 Å². The Hall–Kier alpha value is -2.74. The van der Waals surface area contributed by atoms with Crippen LogP contribution in [0.25, 0.3) is 0 Å². The molecule has 1 fully saturated rings. The van der Waals surface area contributed by atoms with E-state index in [0.29, 0.717) is 30.3 Å². The average molecular weight is 416 g/mol. The van der Waals surface area contributed by atoms with Gasteiger partial charge in [-0.3, -0.25) is 9.59 Å². The molecule has 1 saturated heterocycles. The van der Waals surface area contributed by atoms with Crippen molar-refractivity contribution in [3.63, 3.8) is 0 Å². The number of hydrogen-bond donors (Lipinski definition) is 1. The van der Waals surface area contributed by atoms with E-state index >= 15 is 0 Å². The van der Waals surface area contributed by atoms with E-state index in [0.717, 1.165) is 17.1 Å². The molecular formula is C21H21FN2O4S. The molecule has 6 nitrogen and oxygen atoms in total. The normalized spacial score (nSPS) is 17.6. The topological polar surface area (TPSA) is 67.9 Å². The number of anilines is 1. The molecule has 0 aliphatic carbocycles. The number of nitrogens with zero attached hydrogens (tertiary/aromatic N) is 1. The number of hydrogen-bond acceptors (Lipinski definition) is 5. The second-order valence-corrected chi connectivity index (χ2v) is 8.06. The molecule has 2 heterocycles. The minimum absolute atomic E-state index is 0.0733. The quantitative estimate of drug-likeness (QED) is 0.555. The lowest BCUT2D eigenvalue weighted by atomic mass is 10.1. The third-order valence-corrected chi connectivity index (χ3v) is 5.96. The number of nitrogens with one attached hydrogen (secondary N) is 1. The van der Waals surface area contributed by atoms with Crippen LogP contribution in [0.15, 0.2) is 47.4 Å². The minimum atomic E-state index is -0.363. The van der Waals surface area contributed by atoms with Gasteiger partial charge in [-0.2, -0.15) is 0 Å². The fraction of sp³-hybridized carbons (Fsp3) is 0.333. The van der Waals surface area contributed by atoms with Crippen LogP contribution >= 0.6 is 11.8 Å². The molecular weight excluding hydrogens is 395 g/mol. The van der Waals surface area contributed by atoms with Crippen molar-refractivity contribution in [2.45, 2.75) is 17.7 Å². The molecule has 0 bridgehead atoms. The monoisotopic (exact) mass is 416 g/mol. The van der Waals surface area contributed by atoms with E-state index in [1.807, 2.05) is 0 Å². The van der Waals surface area contributed by atoms with Crippen molar-refractivity contribution >= 4 is 29.3 Å². The first-order valence-electron chi connectivity index (χ1n) is 9.46. The Morgan fingerprint density at radius 1 is 1.17 bits per heavy atom. The zero-order valence-corrected chi connectivity index (χ0v) is 16.5. The van der Waals surface area contributed by atoms with E-state index in [2.05, 4.69) is 5.32 Å². The van der Waals surface area contributed by atoms with Gasteiger partial charge in [-0.1, -0.05) is 0 Å². The summed E-state index contributed by atoms with van der Waals surface area (Å²) in [5.74, 6) is 1.30. The molecule has 1 unspecified atom stereocenters. The Morgan fingerprint density at radius 2 is 1.97 bits per heavy atom. The summed E-state index contributed by atoms with van der Waals surface area (Å²) in [5.41, 5.74) is 0.713. The summed E-state index contributed by atoms with van der Waals surface area (Å²) in [7, 11) is 0. The Morgan fingerprint density at radius 3 is 2.79 bits per heavy atom. The number of thioether (sulfide) groups is 1. The molecule has 1 atom stereocenters. The predicted octanol–water partition coefficient (Wildman–Crippen LogP) is 3.21. The molecule has 0 spiro atoms. The zero-order valence-electron chi connectivity index (χ0n) is 15.7. The summed E-state index contributed by atoms with van der Waals surface area (Å²) < 4.78 is 23.5. The predicted molar refractivity (Wildman–Crippen MR) is 108 cm³/mol. The maximum absolute atomic E-state index is 12.9. The summed E-state index contributed by atoms with van der Waals surface area (Å²) in [4.78, 5) is 27.5. The van der Waals surface area contributed by atoms with E-state index in [4.69, 9.17) is 9.47 Å². The molecule has 2 aromatic carbocycles. The Labute approximate surface area is 172 Å². The van der Waals surface area contributed by atoms with Gasteiger partial charge in [-0.25, -0.2) is 4.39 Å². The summed E-state index contributed by atoms with van der Waals surface area (Å²) in [6.07, 6.45) is 0.991. The number of fused-ring (bicyclic) bond motifs is 1. The standard InChI is InChI=1S/C21H21FN2O4S/c22-15-2-5-17(6-3-15)29-9-1-8-23-21(26)14-10-20(25)24(12-14)16-4-7-18-19(11-16)28-13-27-18/h2-7,11,14H,1,8-10,12-13H2,(H,23,26). The number of carbonyl (C=O) groups excluding carboxylic acids is 2. The van der Waals surface area contributed by atoms with Crippen molar-refractivity contribution in [3.8, 4) is 11.5 Å². The van der Waals surface area contributed by atoms with Gasteiger partial charge < -0.3 is 19.7 Å². The lowest BCUT2D eigenvalue weighted by Crippen LogP contribution is -2.33. The van der Waals surface area contributed by atoms with Gasteiger partial charge >= 0.3 is 0 Å². The highest BCUT2D eigenvalue weighted by Gasteiger charge is 2.35. The van der Waals surface area contributed by atoms with Crippen LogP contribution in [0.1, 0.15) is 12.8 Å². The molecule has 152 valence electrons. The molecule has 0 aromatic heterocycles. The summed E-state index contributed by atoms with van der Waals surface area (Å²) >= 11 is 1.62. The van der Waals surface area contributed by atoms with Gasteiger partial charge in [0.15, 0.2) is 11.5 Å². The smallest absolute Gasteiger partial charge is 0.231 e. The first kappa shape index (κ1) is 19.6. The lowest BCUT2D eigenvalue weighted by molar-refractivity contribution is -0.126. The van der Waals surface area contributed by atoms with Crippen LogP contribution in [0, 0.1) is 11.7 Å². The van der Waals surface area contributed by atoms with Crippen molar-refractivity contribution in [1.82, 2.24) is 5.32 Å². The molecule has 8 heteroatoms. The van der Waals surface area contributed by atoms with E-state index < -0.39 is 0 Å². The second kappa shape index (κ2) is 8.73. The van der Waals surface area contributed by atoms with Crippen molar-refractivity contribution in [2.24, 2.45) is 5.92 Å². The Bertz CT molecular complexity index is 906. The summed E-state index contributed by atoms with van der Waals surface area (Å²) in [5, 5.41) is 2.92. The van der Waals surface area contributed by atoms with E-state index in [1.54, 1.807) is 47.0 Å². The molecule has 2 aliphatic rings. The van der Waals surface area contributed by atoms with Gasteiger partial charge in [-0.05, 0) is 48.6 Å². The van der Waals surface area contributed by atoms with Crippen LogP contribution in [0.4, 0.5) is 10.1 Å². The number of ether oxygens (including phenoxy) is 2. The number of benzene rings is 2. The van der Waals surface area contributed by atoms with Gasteiger partial charge in [0.25, 0.3) is 0 Å². The van der Waals surface area contributed by atoms with E-state index in [9.17, 15) is 14.0 Å². The number of halogens is 1. The number of rotatable bonds is 7. The van der Waals surface area contributed by atoms with Gasteiger partial charge in [0.05, 0.1) is 5.92 Å².